The van der Waals surface area contributed by atoms with Crippen LogP contribution < -0.4 is 0 Å². The van der Waals surface area contributed by atoms with Gasteiger partial charge in [0.1, 0.15) is 17.6 Å². The molecule has 1 aliphatic rings. The van der Waals surface area contributed by atoms with Crippen molar-refractivity contribution in [2.75, 3.05) is 6.61 Å². The summed E-state index contributed by atoms with van der Waals surface area (Å²) in [7, 11) is 0. The average molecular weight is 333 g/mol. The summed E-state index contributed by atoms with van der Waals surface area (Å²) < 4.78 is 11.5. The summed E-state index contributed by atoms with van der Waals surface area (Å²) in [5.74, 6) is 0. The monoisotopic (exact) mass is 333 g/mol. The van der Waals surface area contributed by atoms with Gasteiger partial charge < -0.3 is 14.3 Å². The number of carbonyl (C=O) groups is 2. The van der Waals surface area contributed by atoms with E-state index in [4.69, 9.17) is 9.47 Å². The zero-order chi connectivity index (χ0) is 18.0. The summed E-state index contributed by atoms with van der Waals surface area (Å²) in [6.45, 7) is 9.43. The van der Waals surface area contributed by atoms with Gasteiger partial charge in [-0.2, -0.15) is 0 Å². The van der Waals surface area contributed by atoms with Crippen LogP contribution in [0.15, 0.2) is 30.3 Å². The molecule has 0 aliphatic carbocycles. The Balaban J connectivity index is 2.39. The molecule has 0 aromatic heterocycles. The fourth-order valence-corrected chi connectivity index (χ4v) is 3.22. The van der Waals surface area contributed by atoms with Crippen LogP contribution in [0.2, 0.25) is 0 Å². The van der Waals surface area contributed by atoms with Gasteiger partial charge in [-0.3, -0.25) is 4.90 Å². The van der Waals surface area contributed by atoms with Crippen LogP contribution in [0.25, 0.3) is 0 Å². The van der Waals surface area contributed by atoms with Crippen molar-refractivity contribution in [3.63, 3.8) is 0 Å². The number of nitrogens with zero attached hydrogens (tertiary/aromatic N) is 1. The molecule has 24 heavy (non-hydrogen) atoms. The molecule has 1 unspecified atom stereocenters. The van der Waals surface area contributed by atoms with Gasteiger partial charge in [-0.25, -0.2) is 4.79 Å². The minimum Gasteiger partial charge on any atom is -0.444 e. The van der Waals surface area contributed by atoms with Gasteiger partial charge >= 0.3 is 6.09 Å². The smallest absolute Gasteiger partial charge is 0.413 e. The van der Waals surface area contributed by atoms with Crippen molar-refractivity contribution in [2.45, 2.75) is 64.3 Å². The lowest BCUT2D eigenvalue weighted by Crippen LogP contribution is -2.58. The molecule has 1 aliphatic heterocycles. The third kappa shape index (κ3) is 3.96. The molecule has 1 amide bonds. The highest BCUT2D eigenvalue weighted by atomic mass is 16.6. The number of hydrogen-bond donors (Lipinski definition) is 0. The molecular formula is C19H27NO4. The van der Waals surface area contributed by atoms with E-state index in [9.17, 15) is 9.59 Å². The van der Waals surface area contributed by atoms with E-state index in [1.54, 1.807) is 4.90 Å². The molecule has 1 heterocycles. The Morgan fingerprint density at radius 2 is 1.92 bits per heavy atom. The lowest BCUT2D eigenvalue weighted by Gasteiger charge is -2.41. The van der Waals surface area contributed by atoms with Crippen LogP contribution in [-0.4, -0.2) is 40.8 Å². The molecule has 0 radical (unpaired) electrons. The van der Waals surface area contributed by atoms with Crippen LogP contribution in [0.1, 0.15) is 46.6 Å². The van der Waals surface area contributed by atoms with E-state index in [1.165, 1.54) is 0 Å². The molecule has 5 nitrogen and oxygen atoms in total. The molecule has 132 valence electrons. The maximum atomic E-state index is 12.9. The van der Waals surface area contributed by atoms with E-state index < -0.39 is 23.0 Å². The summed E-state index contributed by atoms with van der Waals surface area (Å²) >= 11 is 0. The molecule has 0 N–H and O–H groups in total. The first-order valence-corrected chi connectivity index (χ1v) is 8.24. The highest BCUT2D eigenvalue weighted by Gasteiger charge is 2.55. The Hall–Kier alpha value is -1.88. The second-order valence-electron chi connectivity index (χ2n) is 7.81. The fourth-order valence-electron chi connectivity index (χ4n) is 3.22. The molecule has 1 atom stereocenters. The second-order valence-corrected chi connectivity index (χ2v) is 7.81. The first-order valence-electron chi connectivity index (χ1n) is 8.24. The van der Waals surface area contributed by atoms with Gasteiger partial charge in [0.15, 0.2) is 0 Å². The number of carbonyl (C=O) groups excluding carboxylic acids is 2. The topological polar surface area (TPSA) is 55.8 Å². The summed E-state index contributed by atoms with van der Waals surface area (Å²) in [6, 6.07) is 9.82. The van der Waals surface area contributed by atoms with Crippen LogP contribution >= 0.6 is 0 Å². The van der Waals surface area contributed by atoms with Crippen molar-refractivity contribution in [3.05, 3.63) is 35.9 Å². The Labute approximate surface area is 143 Å². The van der Waals surface area contributed by atoms with E-state index in [0.717, 1.165) is 11.8 Å². The first-order chi connectivity index (χ1) is 11.1. The van der Waals surface area contributed by atoms with E-state index in [-0.39, 0.29) is 6.42 Å². The van der Waals surface area contributed by atoms with E-state index in [1.807, 2.05) is 65.0 Å². The van der Waals surface area contributed by atoms with Crippen LogP contribution in [0.5, 0.6) is 0 Å². The normalized spacial score (nSPS) is 23.1. The van der Waals surface area contributed by atoms with Crippen molar-refractivity contribution in [1.29, 1.82) is 0 Å². The first kappa shape index (κ1) is 18.5. The lowest BCUT2D eigenvalue weighted by atomic mass is 9.87. The zero-order valence-corrected chi connectivity index (χ0v) is 15.2. The largest absolute Gasteiger partial charge is 0.444 e. The van der Waals surface area contributed by atoms with Crippen molar-refractivity contribution in [3.8, 4) is 0 Å². The predicted molar refractivity (Wildman–Crippen MR) is 91.7 cm³/mol. The van der Waals surface area contributed by atoms with Crippen LogP contribution in [0.4, 0.5) is 4.79 Å². The average Bonchev–Trinajstić information content (AvgIpc) is 2.70. The number of hydrogen-bond acceptors (Lipinski definition) is 4. The third-order valence-electron chi connectivity index (χ3n) is 4.12. The minimum atomic E-state index is -0.833. The number of ether oxygens (including phenoxy) is 2. The Morgan fingerprint density at radius 1 is 1.29 bits per heavy atom. The van der Waals surface area contributed by atoms with Gasteiger partial charge in [-0.15, -0.1) is 0 Å². The molecule has 1 saturated heterocycles. The van der Waals surface area contributed by atoms with Gasteiger partial charge in [0.2, 0.25) is 0 Å². The maximum Gasteiger partial charge on any atom is 0.413 e. The van der Waals surface area contributed by atoms with Crippen LogP contribution in [0.3, 0.4) is 0 Å². The quantitative estimate of drug-likeness (QED) is 0.791. The van der Waals surface area contributed by atoms with Crippen LogP contribution in [0, 0.1) is 0 Å². The van der Waals surface area contributed by atoms with Gasteiger partial charge in [0.25, 0.3) is 0 Å². The zero-order valence-electron chi connectivity index (χ0n) is 15.2. The van der Waals surface area contributed by atoms with E-state index >= 15 is 0 Å². The fraction of sp³-hybridized carbons (Fsp3) is 0.579. The third-order valence-corrected chi connectivity index (χ3v) is 4.12. The van der Waals surface area contributed by atoms with Gasteiger partial charge in [-0.1, -0.05) is 30.3 Å². The van der Waals surface area contributed by atoms with Gasteiger partial charge in [-0.05, 0) is 46.6 Å². The Morgan fingerprint density at radius 3 is 2.46 bits per heavy atom. The molecule has 1 fully saturated rings. The molecule has 1 aromatic carbocycles. The summed E-state index contributed by atoms with van der Waals surface area (Å²) in [5, 5.41) is 0. The van der Waals surface area contributed by atoms with Crippen LogP contribution in [-0.2, 0) is 20.7 Å². The molecule has 0 spiro atoms. The SMILES string of the molecule is CC(C)(C)OC(=O)N1C(CC=O)(Cc2ccccc2)COC1(C)C. The summed E-state index contributed by atoms with van der Waals surface area (Å²) in [5.41, 5.74) is -1.14. The van der Waals surface area contributed by atoms with Gasteiger partial charge in [0, 0.05) is 6.42 Å². The highest BCUT2D eigenvalue weighted by Crippen LogP contribution is 2.40. The second kappa shape index (κ2) is 6.55. The van der Waals surface area contributed by atoms with Gasteiger partial charge in [0.05, 0.1) is 12.1 Å². The molecule has 0 saturated carbocycles. The minimum absolute atomic E-state index is 0.199. The molecule has 0 bridgehead atoms. The predicted octanol–water partition coefficient (Wildman–Crippen LogP) is 3.56. The summed E-state index contributed by atoms with van der Waals surface area (Å²) in [4.78, 5) is 25.9. The molecule has 1 aromatic rings. The highest BCUT2D eigenvalue weighted by molar-refractivity contribution is 5.72. The van der Waals surface area contributed by atoms with E-state index in [2.05, 4.69) is 0 Å². The summed E-state index contributed by atoms with van der Waals surface area (Å²) in [6.07, 6.45) is 1.13. The number of benzene rings is 1. The Bertz CT molecular complexity index is 591. The van der Waals surface area contributed by atoms with Crippen molar-refractivity contribution in [1.82, 2.24) is 4.90 Å². The number of rotatable bonds is 4. The van der Waals surface area contributed by atoms with Crippen molar-refractivity contribution in [2.24, 2.45) is 0 Å². The van der Waals surface area contributed by atoms with E-state index in [0.29, 0.717) is 13.0 Å². The standard InChI is InChI=1S/C19H27NO4/c1-17(2,3)24-16(22)20-18(4,5)23-14-19(20,11-12-21)13-15-9-7-6-8-10-15/h6-10,12H,11,13-14H2,1-5H3. The lowest BCUT2D eigenvalue weighted by molar-refractivity contribution is -0.110. The van der Waals surface area contributed by atoms with Crippen molar-refractivity contribution < 1.29 is 19.1 Å². The maximum absolute atomic E-state index is 12.9. The Kier molecular flexibility index (Phi) is 5.04. The molecular weight excluding hydrogens is 306 g/mol. The number of amides is 1. The number of aldehydes is 1. The molecule has 5 heteroatoms. The molecule has 2 rings (SSSR count). The van der Waals surface area contributed by atoms with Crippen molar-refractivity contribution >= 4 is 12.4 Å².